The van der Waals surface area contributed by atoms with E-state index >= 15 is 0 Å². The Morgan fingerprint density at radius 2 is 1.59 bits per heavy atom. The topological polar surface area (TPSA) is 61.4 Å². The van der Waals surface area contributed by atoms with E-state index in [1.54, 1.807) is 0 Å². The fourth-order valence-corrected chi connectivity index (χ4v) is 4.40. The summed E-state index contributed by atoms with van der Waals surface area (Å²) in [5, 5.41) is 12.3. The van der Waals surface area contributed by atoms with E-state index in [2.05, 4.69) is 31.4 Å². The molecule has 1 N–H and O–H groups in total. The van der Waals surface area contributed by atoms with E-state index in [9.17, 15) is 9.18 Å². The number of carbonyl (C=O) groups excluding carboxylic acids is 1. The zero-order valence-electron chi connectivity index (χ0n) is 18.2. The molecular weight excluding hydrogens is 425 g/mol. The van der Waals surface area contributed by atoms with Gasteiger partial charge in [0.1, 0.15) is 10.8 Å². The number of rotatable bonds is 6. The van der Waals surface area contributed by atoms with Gasteiger partial charge in [-0.2, -0.15) is 0 Å². The van der Waals surface area contributed by atoms with Crippen LogP contribution in [-0.4, -0.2) is 48.0 Å². The van der Waals surface area contributed by atoms with Crippen LogP contribution in [0.5, 0.6) is 0 Å². The summed E-state index contributed by atoms with van der Waals surface area (Å²) in [6.07, 6.45) is 0. The quantitative estimate of drug-likeness (QED) is 0.564. The van der Waals surface area contributed by atoms with Crippen molar-refractivity contribution in [3.8, 4) is 0 Å². The largest absolute Gasteiger partial charge is 0.368 e. The Hall–Kier alpha value is -3.13. The molecule has 4 rings (SSSR count). The Labute approximate surface area is 191 Å². The monoisotopic (exact) mass is 451 g/mol. The number of carbonyl (C=O) groups is 1. The molecule has 166 valence electrons. The molecule has 6 nitrogen and oxygen atoms in total. The van der Waals surface area contributed by atoms with Crippen molar-refractivity contribution in [3.63, 3.8) is 0 Å². The number of thioether (sulfide) groups is 1. The van der Waals surface area contributed by atoms with Crippen LogP contribution in [0.15, 0.2) is 59.6 Å². The summed E-state index contributed by atoms with van der Waals surface area (Å²) in [5.74, 6) is 0.816. The molecule has 32 heavy (non-hydrogen) atoms. The first-order chi connectivity index (χ1) is 15.5. The molecule has 0 spiro atoms. The lowest BCUT2D eigenvalue weighted by molar-refractivity contribution is -0.113. The van der Waals surface area contributed by atoms with E-state index in [1.165, 1.54) is 23.9 Å². The summed E-state index contributed by atoms with van der Waals surface area (Å²) in [6.45, 7) is 7.33. The fraction of sp³-hybridized carbons (Fsp3) is 0.292. The number of piperazine rings is 1. The highest BCUT2D eigenvalue weighted by Crippen LogP contribution is 2.22. The van der Waals surface area contributed by atoms with Crippen LogP contribution in [0.1, 0.15) is 11.1 Å². The van der Waals surface area contributed by atoms with Gasteiger partial charge in [-0.1, -0.05) is 17.8 Å². The Morgan fingerprint density at radius 3 is 2.22 bits per heavy atom. The maximum absolute atomic E-state index is 13.1. The second-order valence-corrected chi connectivity index (χ2v) is 8.89. The Morgan fingerprint density at radius 1 is 0.938 bits per heavy atom. The van der Waals surface area contributed by atoms with Crippen LogP contribution in [0.25, 0.3) is 0 Å². The van der Waals surface area contributed by atoms with Crippen molar-refractivity contribution in [1.82, 2.24) is 10.2 Å². The van der Waals surface area contributed by atoms with E-state index in [0.717, 1.165) is 54.5 Å². The number of aromatic nitrogens is 2. The molecule has 0 bridgehead atoms. The van der Waals surface area contributed by atoms with Crippen LogP contribution in [-0.2, 0) is 4.79 Å². The van der Waals surface area contributed by atoms with Crippen molar-refractivity contribution >= 4 is 34.9 Å². The first-order valence-electron chi connectivity index (χ1n) is 10.6. The third-order valence-corrected chi connectivity index (χ3v) is 6.20. The van der Waals surface area contributed by atoms with Gasteiger partial charge in [0.15, 0.2) is 5.82 Å². The SMILES string of the molecule is Cc1cc(C)cc(NC(=O)CSc2ccc(N3CCN(c4ccc(F)cc4)CC3)nn2)c1. The first kappa shape index (κ1) is 22.1. The molecule has 0 unspecified atom stereocenters. The van der Waals surface area contributed by atoms with Crippen molar-refractivity contribution in [3.05, 3.63) is 71.5 Å². The minimum absolute atomic E-state index is 0.0669. The standard InChI is InChI=1S/C24H26FN5OS/c1-17-13-18(2)15-20(14-17)26-23(31)16-32-24-8-7-22(27-28-24)30-11-9-29(10-12-30)21-5-3-19(25)4-6-21/h3-8,13-15H,9-12,16H2,1-2H3,(H,26,31). The number of nitrogens with one attached hydrogen (secondary N) is 1. The molecule has 8 heteroatoms. The highest BCUT2D eigenvalue weighted by Gasteiger charge is 2.19. The van der Waals surface area contributed by atoms with Crippen LogP contribution in [0.2, 0.25) is 0 Å². The van der Waals surface area contributed by atoms with E-state index in [0.29, 0.717) is 5.03 Å². The summed E-state index contributed by atoms with van der Waals surface area (Å²) in [6, 6.07) is 16.5. The molecule has 1 aliphatic heterocycles. The van der Waals surface area contributed by atoms with Crippen LogP contribution in [0, 0.1) is 19.7 Å². The average Bonchev–Trinajstić information content (AvgIpc) is 2.78. The highest BCUT2D eigenvalue weighted by atomic mass is 32.2. The molecule has 0 radical (unpaired) electrons. The number of hydrogen-bond donors (Lipinski definition) is 1. The zero-order valence-corrected chi connectivity index (χ0v) is 19.0. The Kier molecular flexibility index (Phi) is 6.90. The molecule has 2 heterocycles. The van der Waals surface area contributed by atoms with Gasteiger partial charge in [0.2, 0.25) is 5.91 Å². The number of hydrogen-bond acceptors (Lipinski definition) is 6. The molecule has 0 aliphatic carbocycles. The molecule has 2 aromatic carbocycles. The van der Waals surface area contributed by atoms with Crippen molar-refractivity contribution < 1.29 is 9.18 Å². The second kappa shape index (κ2) is 9.99. The predicted octanol–water partition coefficient (Wildman–Crippen LogP) is 4.29. The van der Waals surface area contributed by atoms with Gasteiger partial charge in [-0.15, -0.1) is 10.2 Å². The lowest BCUT2D eigenvalue weighted by Gasteiger charge is -2.36. The lowest BCUT2D eigenvalue weighted by Crippen LogP contribution is -2.46. The van der Waals surface area contributed by atoms with Gasteiger partial charge in [0.05, 0.1) is 5.75 Å². The molecule has 1 saturated heterocycles. The minimum atomic E-state index is -0.219. The zero-order chi connectivity index (χ0) is 22.5. The molecule has 1 aliphatic rings. The summed E-state index contributed by atoms with van der Waals surface area (Å²) in [5.41, 5.74) is 4.08. The highest BCUT2D eigenvalue weighted by molar-refractivity contribution is 7.99. The normalized spacial score (nSPS) is 13.8. The van der Waals surface area contributed by atoms with E-state index in [-0.39, 0.29) is 17.5 Å². The van der Waals surface area contributed by atoms with E-state index < -0.39 is 0 Å². The molecule has 1 fully saturated rings. The van der Waals surface area contributed by atoms with Crippen molar-refractivity contribution in [2.24, 2.45) is 0 Å². The lowest BCUT2D eigenvalue weighted by atomic mass is 10.1. The maximum Gasteiger partial charge on any atom is 0.234 e. The van der Waals surface area contributed by atoms with Crippen molar-refractivity contribution in [2.45, 2.75) is 18.9 Å². The van der Waals surface area contributed by atoms with Crippen LogP contribution in [0.4, 0.5) is 21.6 Å². The maximum atomic E-state index is 13.1. The van der Waals surface area contributed by atoms with E-state index in [1.807, 2.05) is 50.2 Å². The smallest absolute Gasteiger partial charge is 0.234 e. The molecule has 3 aromatic rings. The van der Waals surface area contributed by atoms with E-state index in [4.69, 9.17) is 0 Å². The summed E-state index contributed by atoms with van der Waals surface area (Å²) >= 11 is 1.37. The van der Waals surface area contributed by atoms with Crippen LogP contribution < -0.4 is 15.1 Å². The van der Waals surface area contributed by atoms with Gasteiger partial charge in [-0.05, 0) is 73.5 Å². The summed E-state index contributed by atoms with van der Waals surface area (Å²) in [7, 11) is 0. The van der Waals surface area contributed by atoms with Gasteiger partial charge in [-0.25, -0.2) is 4.39 Å². The van der Waals surface area contributed by atoms with Gasteiger partial charge in [0.25, 0.3) is 0 Å². The summed E-state index contributed by atoms with van der Waals surface area (Å²) in [4.78, 5) is 16.7. The second-order valence-electron chi connectivity index (χ2n) is 7.89. The van der Waals surface area contributed by atoms with Gasteiger partial charge >= 0.3 is 0 Å². The van der Waals surface area contributed by atoms with Crippen molar-refractivity contribution in [2.75, 3.05) is 47.0 Å². The number of amides is 1. The molecule has 1 amide bonds. The average molecular weight is 452 g/mol. The first-order valence-corrected chi connectivity index (χ1v) is 11.5. The molecular formula is C24H26FN5OS. The van der Waals surface area contributed by atoms with Crippen molar-refractivity contribution in [1.29, 1.82) is 0 Å². The third-order valence-electron chi connectivity index (χ3n) is 5.28. The Bertz CT molecular complexity index is 1050. The van der Waals surface area contributed by atoms with Gasteiger partial charge < -0.3 is 15.1 Å². The molecule has 0 atom stereocenters. The number of anilines is 3. The molecule has 1 aromatic heterocycles. The fourth-order valence-electron chi connectivity index (χ4n) is 3.79. The van der Waals surface area contributed by atoms with Gasteiger partial charge in [0, 0.05) is 37.6 Å². The van der Waals surface area contributed by atoms with Gasteiger partial charge in [-0.3, -0.25) is 4.79 Å². The minimum Gasteiger partial charge on any atom is -0.368 e. The number of nitrogens with zero attached hydrogens (tertiary/aromatic N) is 4. The summed E-state index contributed by atoms with van der Waals surface area (Å²) < 4.78 is 13.1. The Balaban J connectivity index is 1.26. The number of aryl methyl sites for hydroxylation is 2. The predicted molar refractivity (Wildman–Crippen MR) is 128 cm³/mol. The van der Waals surface area contributed by atoms with Crippen LogP contribution in [0.3, 0.4) is 0 Å². The third kappa shape index (κ3) is 5.76. The number of halogens is 1. The number of benzene rings is 2. The van der Waals surface area contributed by atoms with Crippen LogP contribution >= 0.6 is 11.8 Å². The molecule has 0 saturated carbocycles.